The Morgan fingerprint density at radius 1 is 1.06 bits per heavy atom. The summed E-state index contributed by atoms with van der Waals surface area (Å²) in [6, 6.07) is 12.1. The van der Waals surface area contributed by atoms with Crippen molar-refractivity contribution in [1.29, 1.82) is 0 Å². The van der Waals surface area contributed by atoms with Gasteiger partial charge in [-0.3, -0.25) is 0 Å². The standard InChI is InChI=1S/C13H11BrFNO/c14-10-4-1-2-6-13(10)17-12-7-3-5-11(15)9(12)8-16/h1-7H,8,16H2. The lowest BCUT2D eigenvalue weighted by Crippen LogP contribution is -2.02. The lowest BCUT2D eigenvalue weighted by Gasteiger charge is -2.11. The quantitative estimate of drug-likeness (QED) is 0.934. The summed E-state index contributed by atoms with van der Waals surface area (Å²) in [5, 5.41) is 0. The minimum atomic E-state index is -0.350. The molecule has 0 bridgehead atoms. The van der Waals surface area contributed by atoms with E-state index in [1.807, 2.05) is 18.2 Å². The molecule has 0 aliphatic carbocycles. The first-order valence-corrected chi connectivity index (χ1v) is 5.91. The Labute approximate surface area is 107 Å². The Hall–Kier alpha value is -1.39. The Morgan fingerprint density at radius 3 is 2.47 bits per heavy atom. The Kier molecular flexibility index (Phi) is 3.76. The van der Waals surface area contributed by atoms with Crippen molar-refractivity contribution in [3.05, 3.63) is 58.3 Å². The molecule has 0 spiro atoms. The van der Waals surface area contributed by atoms with E-state index in [9.17, 15) is 4.39 Å². The topological polar surface area (TPSA) is 35.2 Å². The number of nitrogens with two attached hydrogens (primary N) is 1. The monoisotopic (exact) mass is 295 g/mol. The summed E-state index contributed by atoms with van der Waals surface area (Å²) in [6.45, 7) is 0.104. The number of hydrogen-bond donors (Lipinski definition) is 1. The summed E-state index contributed by atoms with van der Waals surface area (Å²) in [6.07, 6.45) is 0. The molecule has 0 aliphatic heterocycles. The molecule has 17 heavy (non-hydrogen) atoms. The minimum absolute atomic E-state index is 0.104. The summed E-state index contributed by atoms with van der Waals surface area (Å²) in [7, 11) is 0. The molecule has 0 aromatic heterocycles. The van der Waals surface area contributed by atoms with E-state index in [0.717, 1.165) is 4.47 Å². The predicted octanol–water partition coefficient (Wildman–Crippen LogP) is 3.84. The molecule has 2 N–H and O–H groups in total. The third-order valence-electron chi connectivity index (χ3n) is 2.34. The maximum atomic E-state index is 13.5. The maximum Gasteiger partial charge on any atom is 0.141 e. The summed E-state index contributed by atoms with van der Waals surface area (Å²) >= 11 is 3.37. The Morgan fingerprint density at radius 2 is 1.76 bits per heavy atom. The molecule has 0 radical (unpaired) electrons. The molecule has 0 aliphatic rings. The Balaban J connectivity index is 2.37. The highest BCUT2D eigenvalue weighted by Gasteiger charge is 2.09. The molecule has 0 heterocycles. The highest BCUT2D eigenvalue weighted by atomic mass is 79.9. The molecule has 2 aromatic rings. The van der Waals surface area contributed by atoms with Crippen molar-refractivity contribution in [3.63, 3.8) is 0 Å². The van der Waals surface area contributed by atoms with E-state index in [2.05, 4.69) is 15.9 Å². The van der Waals surface area contributed by atoms with Crippen LogP contribution in [0, 0.1) is 5.82 Å². The fourth-order valence-corrected chi connectivity index (χ4v) is 1.84. The average Bonchev–Trinajstić information content (AvgIpc) is 2.32. The maximum absolute atomic E-state index is 13.5. The second kappa shape index (κ2) is 5.29. The van der Waals surface area contributed by atoms with E-state index >= 15 is 0 Å². The van der Waals surface area contributed by atoms with Crippen LogP contribution in [0.15, 0.2) is 46.9 Å². The Bertz CT molecular complexity index is 531. The second-order valence-corrected chi connectivity index (χ2v) is 4.31. The van der Waals surface area contributed by atoms with Gasteiger partial charge >= 0.3 is 0 Å². The zero-order valence-electron chi connectivity index (χ0n) is 8.99. The van der Waals surface area contributed by atoms with Crippen molar-refractivity contribution in [2.24, 2.45) is 5.73 Å². The molecule has 0 fully saturated rings. The van der Waals surface area contributed by atoms with Crippen molar-refractivity contribution in [3.8, 4) is 11.5 Å². The van der Waals surface area contributed by atoms with Crippen LogP contribution >= 0.6 is 15.9 Å². The van der Waals surface area contributed by atoms with E-state index < -0.39 is 0 Å². The summed E-state index contributed by atoms with van der Waals surface area (Å²) in [5.74, 6) is 0.726. The van der Waals surface area contributed by atoms with Crippen LogP contribution in [0.25, 0.3) is 0 Å². The van der Waals surface area contributed by atoms with Gasteiger partial charge in [-0.1, -0.05) is 18.2 Å². The van der Waals surface area contributed by atoms with E-state index in [4.69, 9.17) is 10.5 Å². The molecular weight excluding hydrogens is 285 g/mol. The van der Waals surface area contributed by atoms with Gasteiger partial charge in [-0.15, -0.1) is 0 Å². The van der Waals surface area contributed by atoms with Gasteiger partial charge in [-0.05, 0) is 40.2 Å². The number of ether oxygens (including phenoxy) is 1. The fraction of sp³-hybridized carbons (Fsp3) is 0.0769. The van der Waals surface area contributed by atoms with Gasteiger partial charge in [0.2, 0.25) is 0 Å². The molecule has 0 saturated heterocycles. The zero-order valence-corrected chi connectivity index (χ0v) is 10.6. The normalized spacial score (nSPS) is 10.3. The second-order valence-electron chi connectivity index (χ2n) is 3.45. The molecule has 0 unspecified atom stereocenters. The number of benzene rings is 2. The van der Waals surface area contributed by atoms with Gasteiger partial charge in [0.25, 0.3) is 0 Å². The molecule has 0 atom stereocenters. The van der Waals surface area contributed by atoms with Gasteiger partial charge in [0.15, 0.2) is 0 Å². The first-order chi connectivity index (χ1) is 8.22. The van der Waals surface area contributed by atoms with Crippen molar-refractivity contribution in [2.45, 2.75) is 6.54 Å². The smallest absolute Gasteiger partial charge is 0.141 e. The molecule has 2 rings (SSSR count). The van der Waals surface area contributed by atoms with E-state index in [-0.39, 0.29) is 12.4 Å². The van der Waals surface area contributed by atoms with Crippen molar-refractivity contribution in [1.82, 2.24) is 0 Å². The van der Waals surface area contributed by atoms with Crippen LogP contribution in [-0.4, -0.2) is 0 Å². The molecule has 2 aromatic carbocycles. The number of rotatable bonds is 3. The van der Waals surface area contributed by atoms with Gasteiger partial charge < -0.3 is 10.5 Å². The third kappa shape index (κ3) is 2.65. The van der Waals surface area contributed by atoms with Gasteiger partial charge in [0.05, 0.1) is 4.47 Å². The fourth-order valence-electron chi connectivity index (χ4n) is 1.48. The molecule has 0 saturated carbocycles. The van der Waals surface area contributed by atoms with Crippen LogP contribution in [0.2, 0.25) is 0 Å². The van der Waals surface area contributed by atoms with Gasteiger partial charge in [-0.25, -0.2) is 4.39 Å². The van der Waals surface area contributed by atoms with Crippen molar-refractivity contribution in [2.75, 3.05) is 0 Å². The first-order valence-electron chi connectivity index (χ1n) is 5.12. The highest BCUT2D eigenvalue weighted by Crippen LogP contribution is 2.31. The van der Waals surface area contributed by atoms with Crippen molar-refractivity contribution >= 4 is 15.9 Å². The number of halogens is 2. The number of hydrogen-bond acceptors (Lipinski definition) is 2. The predicted molar refractivity (Wildman–Crippen MR) is 68.5 cm³/mol. The molecule has 0 amide bonds. The first kappa shape index (κ1) is 12.1. The van der Waals surface area contributed by atoms with Gasteiger partial charge in [0, 0.05) is 12.1 Å². The summed E-state index contributed by atoms with van der Waals surface area (Å²) < 4.78 is 19.9. The molecule has 2 nitrogen and oxygen atoms in total. The zero-order chi connectivity index (χ0) is 12.3. The van der Waals surface area contributed by atoms with Crippen LogP contribution < -0.4 is 10.5 Å². The van der Waals surface area contributed by atoms with E-state index in [0.29, 0.717) is 17.1 Å². The molecule has 88 valence electrons. The lowest BCUT2D eigenvalue weighted by molar-refractivity contribution is 0.464. The van der Waals surface area contributed by atoms with Crippen LogP contribution in [0.5, 0.6) is 11.5 Å². The minimum Gasteiger partial charge on any atom is -0.456 e. The van der Waals surface area contributed by atoms with Gasteiger partial charge in [0.1, 0.15) is 17.3 Å². The average molecular weight is 296 g/mol. The van der Waals surface area contributed by atoms with Crippen LogP contribution in [0.1, 0.15) is 5.56 Å². The van der Waals surface area contributed by atoms with Crippen molar-refractivity contribution < 1.29 is 9.13 Å². The van der Waals surface area contributed by atoms with Crippen LogP contribution in [0.3, 0.4) is 0 Å². The SMILES string of the molecule is NCc1c(F)cccc1Oc1ccccc1Br. The molecule has 4 heteroatoms. The van der Waals surface area contributed by atoms with E-state index in [1.54, 1.807) is 18.2 Å². The summed E-state index contributed by atoms with van der Waals surface area (Å²) in [5.41, 5.74) is 5.89. The summed E-state index contributed by atoms with van der Waals surface area (Å²) in [4.78, 5) is 0. The largest absolute Gasteiger partial charge is 0.456 e. The lowest BCUT2D eigenvalue weighted by atomic mass is 10.2. The molecular formula is C13H11BrFNO. The number of para-hydroxylation sites is 1. The highest BCUT2D eigenvalue weighted by molar-refractivity contribution is 9.10. The van der Waals surface area contributed by atoms with Crippen LogP contribution in [-0.2, 0) is 6.54 Å². The van der Waals surface area contributed by atoms with Gasteiger partial charge in [-0.2, -0.15) is 0 Å². The third-order valence-corrected chi connectivity index (χ3v) is 2.99. The van der Waals surface area contributed by atoms with Crippen LogP contribution in [0.4, 0.5) is 4.39 Å². The van der Waals surface area contributed by atoms with E-state index in [1.165, 1.54) is 6.07 Å².